The quantitative estimate of drug-likeness (QED) is 0.939. The largest absolute Gasteiger partial charge is 0.310 e. The lowest BCUT2D eigenvalue weighted by Gasteiger charge is -2.01. The molecule has 1 heterocycles. The number of benzene rings is 1. The number of rotatable bonds is 4. The average Bonchev–Trinajstić information content (AvgIpc) is 3.04. The van der Waals surface area contributed by atoms with Gasteiger partial charge in [0.05, 0.1) is 11.9 Å². The molecule has 1 saturated carbocycles. The number of nitrogens with one attached hydrogen (secondary N) is 1. The van der Waals surface area contributed by atoms with Gasteiger partial charge in [0.2, 0.25) is 0 Å². The van der Waals surface area contributed by atoms with Crippen molar-refractivity contribution in [2.45, 2.75) is 25.4 Å². The summed E-state index contributed by atoms with van der Waals surface area (Å²) in [6.45, 7) is 0.915. The van der Waals surface area contributed by atoms with Gasteiger partial charge in [-0.2, -0.15) is 5.10 Å². The molecule has 0 spiro atoms. The Labute approximate surface area is 109 Å². The van der Waals surface area contributed by atoms with Crippen molar-refractivity contribution in [2.75, 3.05) is 0 Å². The third kappa shape index (κ3) is 2.76. The molecule has 1 aromatic carbocycles. The summed E-state index contributed by atoms with van der Waals surface area (Å²) in [4.78, 5) is 0. The molecule has 2 aromatic rings. The summed E-state index contributed by atoms with van der Waals surface area (Å²) in [6, 6.07) is 8.89. The van der Waals surface area contributed by atoms with Crippen LogP contribution in [0.5, 0.6) is 0 Å². The van der Waals surface area contributed by atoms with E-state index in [9.17, 15) is 0 Å². The maximum atomic E-state index is 4.38. The predicted octanol–water partition coefficient (Wildman–Crippen LogP) is 2.89. The van der Waals surface area contributed by atoms with Crippen LogP contribution in [0.3, 0.4) is 0 Å². The van der Waals surface area contributed by atoms with E-state index >= 15 is 0 Å². The summed E-state index contributed by atoms with van der Waals surface area (Å²) in [6.07, 6.45) is 6.65. The molecule has 0 radical (unpaired) electrons. The molecule has 1 N–H and O–H groups in total. The van der Waals surface area contributed by atoms with Gasteiger partial charge in [0.15, 0.2) is 0 Å². The number of aromatic nitrogens is 2. The Hall–Kier alpha value is -1.13. The van der Waals surface area contributed by atoms with E-state index < -0.39 is 0 Å². The Morgan fingerprint density at radius 1 is 1.41 bits per heavy atom. The first-order valence-corrected chi connectivity index (χ1v) is 6.63. The molecule has 1 fully saturated rings. The first kappa shape index (κ1) is 11.0. The molecular weight excluding hydrogens is 278 g/mol. The summed E-state index contributed by atoms with van der Waals surface area (Å²) >= 11 is 3.47. The lowest BCUT2D eigenvalue weighted by molar-refractivity contribution is 0.687. The van der Waals surface area contributed by atoms with E-state index in [4.69, 9.17) is 0 Å². The van der Waals surface area contributed by atoms with Gasteiger partial charge >= 0.3 is 0 Å². The van der Waals surface area contributed by atoms with Crippen molar-refractivity contribution in [3.63, 3.8) is 0 Å². The van der Waals surface area contributed by atoms with Crippen LogP contribution in [-0.4, -0.2) is 15.8 Å². The van der Waals surface area contributed by atoms with Gasteiger partial charge in [0, 0.05) is 28.8 Å². The van der Waals surface area contributed by atoms with Crippen molar-refractivity contribution in [3.05, 3.63) is 46.7 Å². The van der Waals surface area contributed by atoms with Crippen LogP contribution in [-0.2, 0) is 6.54 Å². The first-order chi connectivity index (χ1) is 8.31. The molecule has 1 aliphatic rings. The van der Waals surface area contributed by atoms with E-state index in [1.165, 1.54) is 18.4 Å². The molecule has 0 saturated heterocycles. The highest BCUT2D eigenvalue weighted by Crippen LogP contribution is 2.19. The van der Waals surface area contributed by atoms with Crippen LogP contribution in [0.4, 0.5) is 0 Å². The van der Waals surface area contributed by atoms with E-state index in [0.29, 0.717) is 0 Å². The summed E-state index contributed by atoms with van der Waals surface area (Å²) in [5.74, 6) is 0. The average molecular weight is 292 g/mol. The second-order valence-electron chi connectivity index (χ2n) is 4.43. The van der Waals surface area contributed by atoms with E-state index in [1.54, 1.807) is 0 Å². The van der Waals surface area contributed by atoms with Gasteiger partial charge in [0.1, 0.15) is 0 Å². The number of halogens is 1. The van der Waals surface area contributed by atoms with E-state index in [0.717, 1.165) is 22.7 Å². The van der Waals surface area contributed by atoms with Crippen molar-refractivity contribution in [2.24, 2.45) is 0 Å². The highest BCUT2D eigenvalue weighted by molar-refractivity contribution is 9.10. The van der Waals surface area contributed by atoms with Gasteiger partial charge in [-0.25, -0.2) is 4.68 Å². The lowest BCUT2D eigenvalue weighted by atomic mass is 10.3. The maximum absolute atomic E-state index is 4.38. The third-order valence-corrected chi connectivity index (χ3v) is 3.37. The van der Waals surface area contributed by atoms with Crippen molar-refractivity contribution in [1.82, 2.24) is 15.1 Å². The summed E-state index contributed by atoms with van der Waals surface area (Å²) < 4.78 is 2.98. The molecule has 3 nitrogen and oxygen atoms in total. The van der Waals surface area contributed by atoms with Crippen LogP contribution >= 0.6 is 15.9 Å². The maximum Gasteiger partial charge on any atom is 0.0656 e. The van der Waals surface area contributed by atoms with Crippen molar-refractivity contribution in [3.8, 4) is 5.69 Å². The Morgan fingerprint density at radius 3 is 3.06 bits per heavy atom. The highest BCUT2D eigenvalue weighted by atomic mass is 79.9. The molecule has 1 aliphatic carbocycles. The summed E-state index contributed by atoms with van der Waals surface area (Å²) in [5.41, 5.74) is 2.31. The van der Waals surface area contributed by atoms with Crippen LogP contribution in [0.1, 0.15) is 18.4 Å². The van der Waals surface area contributed by atoms with E-state index in [1.807, 2.05) is 23.0 Å². The molecular formula is C13H14BrN3. The molecule has 0 amide bonds. The minimum Gasteiger partial charge on any atom is -0.310 e. The molecule has 88 valence electrons. The molecule has 0 aliphatic heterocycles. The molecule has 17 heavy (non-hydrogen) atoms. The zero-order chi connectivity index (χ0) is 11.7. The second-order valence-corrected chi connectivity index (χ2v) is 5.34. The van der Waals surface area contributed by atoms with Crippen LogP contribution in [0.15, 0.2) is 41.1 Å². The fourth-order valence-corrected chi connectivity index (χ4v) is 2.15. The molecule has 4 heteroatoms. The lowest BCUT2D eigenvalue weighted by Crippen LogP contribution is -2.14. The number of nitrogens with zero attached hydrogens (tertiary/aromatic N) is 2. The summed E-state index contributed by atoms with van der Waals surface area (Å²) in [7, 11) is 0. The second kappa shape index (κ2) is 4.63. The molecule has 3 rings (SSSR count). The monoisotopic (exact) mass is 291 g/mol. The van der Waals surface area contributed by atoms with E-state index in [-0.39, 0.29) is 0 Å². The highest BCUT2D eigenvalue weighted by Gasteiger charge is 2.20. The minimum absolute atomic E-state index is 0.740. The Bertz CT molecular complexity index is 517. The van der Waals surface area contributed by atoms with Crippen LogP contribution in [0.2, 0.25) is 0 Å². The fourth-order valence-electron chi connectivity index (χ4n) is 1.76. The molecule has 0 atom stereocenters. The molecule has 0 unspecified atom stereocenters. The normalized spacial score (nSPS) is 15.1. The number of hydrogen-bond donors (Lipinski definition) is 1. The SMILES string of the molecule is Brc1cccc(-n2cc(CNC3CC3)cn2)c1. The Balaban J connectivity index is 1.74. The van der Waals surface area contributed by atoms with Crippen LogP contribution in [0.25, 0.3) is 5.69 Å². The summed E-state index contributed by atoms with van der Waals surface area (Å²) in [5, 5.41) is 7.87. The molecule has 1 aromatic heterocycles. The predicted molar refractivity (Wildman–Crippen MR) is 71.1 cm³/mol. The Morgan fingerprint density at radius 2 is 2.29 bits per heavy atom. The topological polar surface area (TPSA) is 29.9 Å². The van der Waals surface area contributed by atoms with Crippen molar-refractivity contribution in [1.29, 1.82) is 0 Å². The minimum atomic E-state index is 0.740. The number of hydrogen-bond acceptors (Lipinski definition) is 2. The Kier molecular flexibility index (Phi) is 2.99. The van der Waals surface area contributed by atoms with Gasteiger partial charge in [-0.05, 0) is 31.0 Å². The third-order valence-electron chi connectivity index (χ3n) is 2.88. The van der Waals surface area contributed by atoms with Crippen molar-refractivity contribution < 1.29 is 0 Å². The fraction of sp³-hybridized carbons (Fsp3) is 0.308. The van der Waals surface area contributed by atoms with Gasteiger partial charge in [-0.3, -0.25) is 0 Å². The van der Waals surface area contributed by atoms with Crippen molar-refractivity contribution >= 4 is 15.9 Å². The van der Waals surface area contributed by atoms with E-state index in [2.05, 4.69) is 44.7 Å². The zero-order valence-corrected chi connectivity index (χ0v) is 11.0. The van der Waals surface area contributed by atoms with Gasteiger partial charge < -0.3 is 5.32 Å². The zero-order valence-electron chi connectivity index (χ0n) is 9.44. The van der Waals surface area contributed by atoms with Gasteiger partial charge in [-0.15, -0.1) is 0 Å². The van der Waals surface area contributed by atoms with Gasteiger partial charge in [0.25, 0.3) is 0 Å². The standard InChI is InChI=1S/C13H14BrN3/c14-11-2-1-3-13(6-11)17-9-10(8-16-17)7-15-12-4-5-12/h1-3,6,8-9,12,15H,4-5,7H2. The van der Waals surface area contributed by atoms with Crippen LogP contribution < -0.4 is 5.32 Å². The smallest absolute Gasteiger partial charge is 0.0656 e. The van der Waals surface area contributed by atoms with Crippen LogP contribution in [0, 0.1) is 0 Å². The molecule has 0 bridgehead atoms. The van der Waals surface area contributed by atoms with Gasteiger partial charge in [-0.1, -0.05) is 22.0 Å². The first-order valence-electron chi connectivity index (χ1n) is 5.84.